The van der Waals surface area contributed by atoms with Crippen molar-refractivity contribution >= 4 is 5.91 Å². The van der Waals surface area contributed by atoms with Crippen molar-refractivity contribution in [3.8, 4) is 6.07 Å². The van der Waals surface area contributed by atoms with E-state index < -0.39 is 0 Å². The lowest BCUT2D eigenvalue weighted by molar-refractivity contribution is -0.122. The topological polar surface area (TPSA) is 62.1 Å². The van der Waals surface area contributed by atoms with Crippen LogP contribution in [0, 0.1) is 23.2 Å². The molecule has 4 nitrogen and oxygen atoms in total. The highest BCUT2D eigenvalue weighted by Crippen LogP contribution is 2.31. The Morgan fingerprint density at radius 2 is 2.18 bits per heavy atom. The van der Waals surface area contributed by atoms with Gasteiger partial charge in [-0.1, -0.05) is 19.3 Å². The van der Waals surface area contributed by atoms with E-state index >= 15 is 0 Å². The summed E-state index contributed by atoms with van der Waals surface area (Å²) in [6.45, 7) is 1.05. The van der Waals surface area contributed by atoms with Crippen LogP contribution in [-0.4, -0.2) is 26.2 Å². The predicted molar refractivity (Wildman–Crippen MR) is 65.2 cm³/mol. The maximum atomic E-state index is 11.6. The van der Waals surface area contributed by atoms with Gasteiger partial charge in [-0.05, 0) is 18.8 Å². The molecular weight excluding hydrogens is 216 g/mol. The van der Waals surface area contributed by atoms with Gasteiger partial charge >= 0.3 is 0 Å². The van der Waals surface area contributed by atoms with Crippen LogP contribution >= 0.6 is 0 Å². The van der Waals surface area contributed by atoms with Gasteiger partial charge in [0.1, 0.15) is 0 Å². The van der Waals surface area contributed by atoms with Gasteiger partial charge in [0, 0.05) is 20.1 Å². The van der Waals surface area contributed by atoms with Gasteiger partial charge < -0.3 is 10.1 Å². The van der Waals surface area contributed by atoms with Gasteiger partial charge in [-0.15, -0.1) is 0 Å². The van der Waals surface area contributed by atoms with Crippen LogP contribution in [0.15, 0.2) is 0 Å². The van der Waals surface area contributed by atoms with E-state index in [1.807, 2.05) is 0 Å². The van der Waals surface area contributed by atoms with Crippen molar-refractivity contribution in [1.82, 2.24) is 5.32 Å². The number of nitrogens with one attached hydrogen (secondary N) is 1. The lowest BCUT2D eigenvalue weighted by Gasteiger charge is -2.25. The third-order valence-electron chi connectivity index (χ3n) is 3.42. The maximum absolute atomic E-state index is 11.6. The van der Waals surface area contributed by atoms with Crippen molar-refractivity contribution in [2.75, 3.05) is 20.3 Å². The first-order valence-electron chi connectivity index (χ1n) is 6.43. The number of ether oxygens (including phenoxy) is 1. The molecular formula is C13H22N2O2. The summed E-state index contributed by atoms with van der Waals surface area (Å²) in [5, 5.41) is 11.9. The number of rotatable bonds is 6. The number of carbonyl (C=O) groups excluding carboxylic acids is 1. The average molecular weight is 238 g/mol. The molecule has 1 N–H and O–H groups in total. The first-order chi connectivity index (χ1) is 8.27. The maximum Gasteiger partial charge on any atom is 0.221 e. The molecule has 1 rings (SSSR count). The van der Waals surface area contributed by atoms with Crippen LogP contribution in [0.2, 0.25) is 0 Å². The molecule has 1 atom stereocenters. The quantitative estimate of drug-likeness (QED) is 0.718. The SMILES string of the molecule is COCCNC(=O)CC(C#N)C1CCCCC1. The molecule has 1 unspecified atom stereocenters. The molecule has 4 heteroatoms. The van der Waals surface area contributed by atoms with E-state index in [-0.39, 0.29) is 11.8 Å². The molecule has 1 saturated carbocycles. The molecule has 0 aliphatic heterocycles. The Kier molecular flexibility index (Phi) is 6.64. The van der Waals surface area contributed by atoms with E-state index in [4.69, 9.17) is 10.00 Å². The molecule has 1 amide bonds. The Hall–Kier alpha value is -1.08. The number of hydrogen-bond acceptors (Lipinski definition) is 3. The lowest BCUT2D eigenvalue weighted by atomic mass is 9.79. The summed E-state index contributed by atoms with van der Waals surface area (Å²) in [4.78, 5) is 11.6. The molecule has 0 radical (unpaired) electrons. The van der Waals surface area contributed by atoms with Gasteiger partial charge in [0.2, 0.25) is 5.91 Å². The second-order valence-corrected chi connectivity index (χ2v) is 4.68. The van der Waals surface area contributed by atoms with Crippen molar-refractivity contribution < 1.29 is 9.53 Å². The Morgan fingerprint density at radius 1 is 1.47 bits per heavy atom. The average Bonchev–Trinajstić information content (AvgIpc) is 2.37. The van der Waals surface area contributed by atoms with Gasteiger partial charge in [0.05, 0.1) is 18.6 Å². The van der Waals surface area contributed by atoms with Crippen molar-refractivity contribution in [3.63, 3.8) is 0 Å². The van der Waals surface area contributed by atoms with E-state index in [1.165, 1.54) is 19.3 Å². The number of methoxy groups -OCH3 is 1. The molecule has 17 heavy (non-hydrogen) atoms. The van der Waals surface area contributed by atoms with E-state index in [2.05, 4.69) is 11.4 Å². The monoisotopic (exact) mass is 238 g/mol. The van der Waals surface area contributed by atoms with Crippen molar-refractivity contribution in [1.29, 1.82) is 5.26 Å². The zero-order valence-electron chi connectivity index (χ0n) is 10.6. The molecule has 0 saturated heterocycles. The third-order valence-corrected chi connectivity index (χ3v) is 3.42. The summed E-state index contributed by atoms with van der Waals surface area (Å²) >= 11 is 0. The number of carbonyl (C=O) groups is 1. The van der Waals surface area contributed by atoms with Gasteiger partial charge in [0.25, 0.3) is 0 Å². The summed E-state index contributed by atoms with van der Waals surface area (Å²) in [7, 11) is 1.60. The summed E-state index contributed by atoms with van der Waals surface area (Å²) in [6.07, 6.45) is 6.22. The van der Waals surface area contributed by atoms with Crippen LogP contribution in [0.1, 0.15) is 38.5 Å². The second kappa shape index (κ2) is 8.08. The zero-order valence-corrected chi connectivity index (χ0v) is 10.6. The highest BCUT2D eigenvalue weighted by molar-refractivity contribution is 5.76. The van der Waals surface area contributed by atoms with Crippen LogP contribution in [-0.2, 0) is 9.53 Å². The predicted octanol–water partition coefficient (Wildman–Crippen LogP) is 1.86. The number of nitriles is 1. The minimum absolute atomic E-state index is 0.0285. The van der Waals surface area contributed by atoms with Crippen LogP contribution in [0.4, 0.5) is 0 Å². The molecule has 96 valence electrons. The highest BCUT2D eigenvalue weighted by Gasteiger charge is 2.25. The standard InChI is InChI=1S/C13H22N2O2/c1-17-8-7-15-13(16)9-12(10-14)11-5-3-2-4-6-11/h11-12H,2-9H2,1H3,(H,15,16). The number of nitrogens with zero attached hydrogens (tertiary/aromatic N) is 1. The normalized spacial score (nSPS) is 18.4. The first kappa shape index (κ1) is 14.0. The molecule has 0 heterocycles. The molecule has 0 aromatic rings. The molecule has 1 aliphatic carbocycles. The summed E-state index contributed by atoms with van der Waals surface area (Å²) in [5.74, 6) is 0.277. The van der Waals surface area contributed by atoms with Crippen LogP contribution < -0.4 is 5.32 Å². The zero-order chi connectivity index (χ0) is 12.5. The smallest absolute Gasteiger partial charge is 0.221 e. The molecule has 1 fully saturated rings. The molecule has 0 aromatic heterocycles. The number of hydrogen-bond donors (Lipinski definition) is 1. The largest absolute Gasteiger partial charge is 0.383 e. The number of amides is 1. The summed E-state index contributed by atoms with van der Waals surface area (Å²) in [6, 6.07) is 2.30. The van der Waals surface area contributed by atoms with Crippen LogP contribution in [0.5, 0.6) is 0 Å². The lowest BCUT2D eigenvalue weighted by Crippen LogP contribution is -2.30. The molecule has 0 bridgehead atoms. The summed E-state index contributed by atoms with van der Waals surface area (Å²) < 4.78 is 4.86. The van der Waals surface area contributed by atoms with Crippen molar-refractivity contribution in [2.45, 2.75) is 38.5 Å². The fraction of sp³-hybridized carbons (Fsp3) is 0.846. The Bertz CT molecular complexity index is 267. The van der Waals surface area contributed by atoms with Crippen molar-refractivity contribution in [3.05, 3.63) is 0 Å². The fourth-order valence-electron chi connectivity index (χ4n) is 2.42. The van der Waals surface area contributed by atoms with Crippen molar-refractivity contribution in [2.24, 2.45) is 11.8 Å². The van der Waals surface area contributed by atoms with E-state index in [0.29, 0.717) is 25.5 Å². The van der Waals surface area contributed by atoms with Gasteiger partial charge in [0.15, 0.2) is 0 Å². The molecule has 1 aliphatic rings. The highest BCUT2D eigenvalue weighted by atomic mass is 16.5. The molecule has 0 aromatic carbocycles. The third kappa shape index (κ3) is 5.18. The van der Waals surface area contributed by atoms with Gasteiger partial charge in [-0.25, -0.2) is 0 Å². The Morgan fingerprint density at radius 3 is 2.76 bits per heavy atom. The molecule has 0 spiro atoms. The second-order valence-electron chi connectivity index (χ2n) is 4.68. The minimum atomic E-state index is -0.113. The minimum Gasteiger partial charge on any atom is -0.383 e. The van der Waals surface area contributed by atoms with E-state index in [1.54, 1.807) is 7.11 Å². The fourth-order valence-corrected chi connectivity index (χ4v) is 2.42. The Balaban J connectivity index is 2.30. The Labute approximate surface area is 103 Å². The summed E-state index contributed by atoms with van der Waals surface area (Å²) in [5.41, 5.74) is 0. The van der Waals surface area contributed by atoms with E-state index in [0.717, 1.165) is 12.8 Å². The van der Waals surface area contributed by atoms with Crippen LogP contribution in [0.3, 0.4) is 0 Å². The van der Waals surface area contributed by atoms with Crippen LogP contribution in [0.25, 0.3) is 0 Å². The van der Waals surface area contributed by atoms with Gasteiger partial charge in [-0.2, -0.15) is 5.26 Å². The van der Waals surface area contributed by atoms with E-state index in [9.17, 15) is 4.79 Å². The first-order valence-corrected chi connectivity index (χ1v) is 6.43. The van der Waals surface area contributed by atoms with Gasteiger partial charge in [-0.3, -0.25) is 4.79 Å².